The van der Waals surface area contributed by atoms with Crippen LogP contribution in [0.4, 0.5) is 0 Å². The van der Waals surface area contributed by atoms with Crippen molar-refractivity contribution in [3.05, 3.63) is 0 Å². The Bertz CT molecular complexity index is 243. The lowest BCUT2D eigenvalue weighted by Gasteiger charge is -2.46. The van der Waals surface area contributed by atoms with Crippen LogP contribution >= 0.6 is 0 Å². The monoisotopic (exact) mass is 209 g/mol. The largest absolute Gasteiger partial charge is 0.294 e. The van der Waals surface area contributed by atoms with Crippen LogP contribution in [0.15, 0.2) is 0 Å². The summed E-state index contributed by atoms with van der Waals surface area (Å²) in [6.45, 7) is 15.7. The van der Waals surface area contributed by atoms with Crippen LogP contribution in [0.1, 0.15) is 54.4 Å². The third-order valence-corrected chi connectivity index (χ3v) is 4.40. The smallest absolute Gasteiger partial charge is 0.0180 e. The van der Waals surface area contributed by atoms with E-state index in [1.165, 1.54) is 19.4 Å². The van der Waals surface area contributed by atoms with Crippen LogP contribution in [-0.4, -0.2) is 23.0 Å². The van der Waals surface area contributed by atoms with E-state index in [2.05, 4.69) is 46.4 Å². The van der Waals surface area contributed by atoms with Crippen molar-refractivity contribution in [1.29, 1.82) is 0 Å². The molecule has 1 saturated heterocycles. The van der Waals surface area contributed by atoms with Gasteiger partial charge in [-0.3, -0.25) is 4.90 Å². The average molecular weight is 209 g/mol. The van der Waals surface area contributed by atoms with Crippen LogP contribution < -0.4 is 0 Å². The molecule has 88 valence electrons. The zero-order valence-electron chi connectivity index (χ0n) is 11.3. The number of hydrogen-bond donors (Lipinski definition) is 0. The normalized spacial score (nSPS) is 37.6. The van der Waals surface area contributed by atoms with Crippen molar-refractivity contribution in [2.45, 2.75) is 66.0 Å². The van der Waals surface area contributed by atoms with Crippen molar-refractivity contribution >= 4 is 0 Å². The van der Waals surface area contributed by atoms with Gasteiger partial charge in [0, 0.05) is 18.1 Å². The maximum absolute atomic E-state index is 2.77. The summed E-state index contributed by atoms with van der Waals surface area (Å²) in [6.07, 6.45) is 2.95. The highest BCUT2D eigenvalue weighted by molar-refractivity contribution is 5.06. The van der Waals surface area contributed by atoms with Gasteiger partial charge in [0.15, 0.2) is 0 Å². The summed E-state index contributed by atoms with van der Waals surface area (Å²) in [7, 11) is 0. The molecule has 0 amide bonds. The number of fused-ring (bicyclic) bond motifs is 1. The average Bonchev–Trinajstić information content (AvgIpc) is 2.20. The van der Waals surface area contributed by atoms with E-state index in [-0.39, 0.29) is 0 Å². The molecule has 0 aromatic carbocycles. The first-order chi connectivity index (χ1) is 6.71. The standard InChI is InChI=1S/C14H27N/c1-13(2,3)12-11-8-7-10(11)9-15(12)14(4,5)6/h10-12H,7-9H2,1-6H3/t10-,11-,12+/m1/s1. The molecule has 0 radical (unpaired) electrons. The van der Waals surface area contributed by atoms with Gasteiger partial charge in [-0.1, -0.05) is 20.8 Å². The Morgan fingerprint density at radius 2 is 1.53 bits per heavy atom. The molecule has 0 bridgehead atoms. The molecule has 1 aliphatic carbocycles. The van der Waals surface area contributed by atoms with Gasteiger partial charge in [0.05, 0.1) is 0 Å². The summed E-state index contributed by atoms with van der Waals surface area (Å²) in [5.74, 6) is 2.00. The molecule has 15 heavy (non-hydrogen) atoms. The summed E-state index contributed by atoms with van der Waals surface area (Å²) >= 11 is 0. The van der Waals surface area contributed by atoms with Crippen molar-refractivity contribution in [1.82, 2.24) is 4.90 Å². The second kappa shape index (κ2) is 3.23. The summed E-state index contributed by atoms with van der Waals surface area (Å²) < 4.78 is 0. The minimum absolute atomic E-state index is 0.343. The molecule has 1 saturated carbocycles. The van der Waals surface area contributed by atoms with E-state index >= 15 is 0 Å². The lowest BCUT2D eigenvalue weighted by atomic mass is 9.67. The topological polar surface area (TPSA) is 3.24 Å². The first-order valence-corrected chi connectivity index (χ1v) is 6.48. The molecule has 2 fully saturated rings. The van der Waals surface area contributed by atoms with Crippen LogP contribution in [-0.2, 0) is 0 Å². The Kier molecular flexibility index (Phi) is 2.46. The molecule has 0 aromatic heterocycles. The van der Waals surface area contributed by atoms with Gasteiger partial charge in [0.2, 0.25) is 0 Å². The number of rotatable bonds is 0. The van der Waals surface area contributed by atoms with E-state index in [0.29, 0.717) is 11.0 Å². The Balaban J connectivity index is 2.24. The molecule has 1 heteroatoms. The van der Waals surface area contributed by atoms with E-state index in [1.807, 2.05) is 0 Å². The lowest BCUT2D eigenvalue weighted by molar-refractivity contribution is 0.0327. The molecule has 0 unspecified atom stereocenters. The zero-order chi connectivity index (χ0) is 11.4. The fraction of sp³-hybridized carbons (Fsp3) is 1.00. The molecule has 1 heterocycles. The fourth-order valence-corrected chi connectivity index (χ4v) is 3.64. The summed E-state index contributed by atoms with van der Waals surface area (Å²) in [5, 5.41) is 0. The molecule has 0 aromatic rings. The maximum atomic E-state index is 2.77. The van der Waals surface area contributed by atoms with Crippen LogP contribution in [0.2, 0.25) is 0 Å². The first-order valence-electron chi connectivity index (χ1n) is 6.48. The van der Waals surface area contributed by atoms with E-state index in [1.54, 1.807) is 0 Å². The maximum Gasteiger partial charge on any atom is 0.0180 e. The molecule has 1 aliphatic heterocycles. The number of likely N-dealkylation sites (tertiary alicyclic amines) is 1. The third-order valence-electron chi connectivity index (χ3n) is 4.40. The highest BCUT2D eigenvalue weighted by Gasteiger charge is 2.53. The zero-order valence-corrected chi connectivity index (χ0v) is 11.3. The van der Waals surface area contributed by atoms with Crippen molar-refractivity contribution in [3.63, 3.8) is 0 Å². The minimum Gasteiger partial charge on any atom is -0.294 e. The Labute approximate surface area is 95.2 Å². The van der Waals surface area contributed by atoms with Gasteiger partial charge in [-0.15, -0.1) is 0 Å². The van der Waals surface area contributed by atoms with Gasteiger partial charge in [-0.2, -0.15) is 0 Å². The molecule has 0 spiro atoms. The van der Waals surface area contributed by atoms with Crippen molar-refractivity contribution < 1.29 is 0 Å². The molecular weight excluding hydrogens is 182 g/mol. The van der Waals surface area contributed by atoms with Gasteiger partial charge >= 0.3 is 0 Å². The van der Waals surface area contributed by atoms with E-state index < -0.39 is 0 Å². The Morgan fingerprint density at radius 3 is 1.87 bits per heavy atom. The lowest BCUT2D eigenvalue weighted by Crippen LogP contribution is -2.51. The summed E-state index contributed by atoms with van der Waals surface area (Å²) in [5.41, 5.74) is 0.780. The second-order valence-corrected chi connectivity index (χ2v) is 7.64. The van der Waals surface area contributed by atoms with E-state index in [0.717, 1.165) is 17.9 Å². The van der Waals surface area contributed by atoms with Gasteiger partial charge in [-0.25, -0.2) is 0 Å². The number of nitrogens with zero attached hydrogens (tertiary/aromatic N) is 1. The van der Waals surface area contributed by atoms with Crippen LogP contribution in [0.3, 0.4) is 0 Å². The van der Waals surface area contributed by atoms with E-state index in [9.17, 15) is 0 Å². The molecule has 1 nitrogen and oxygen atoms in total. The Hall–Kier alpha value is -0.0400. The fourth-order valence-electron chi connectivity index (χ4n) is 3.64. The molecule has 2 aliphatic rings. The van der Waals surface area contributed by atoms with Crippen LogP contribution in [0.5, 0.6) is 0 Å². The SMILES string of the molecule is CC(C)(C)[C@@H]1[C@@H]2CC[C@@H]2CN1C(C)(C)C. The molecule has 3 atom stereocenters. The predicted molar refractivity (Wildman–Crippen MR) is 65.9 cm³/mol. The van der Waals surface area contributed by atoms with Gasteiger partial charge < -0.3 is 0 Å². The van der Waals surface area contributed by atoms with E-state index in [4.69, 9.17) is 0 Å². The minimum atomic E-state index is 0.343. The quantitative estimate of drug-likeness (QED) is 0.590. The van der Waals surface area contributed by atoms with Gasteiger partial charge in [0.1, 0.15) is 0 Å². The highest BCUT2D eigenvalue weighted by Crippen LogP contribution is 2.52. The summed E-state index contributed by atoms with van der Waals surface area (Å²) in [6, 6.07) is 0.802. The number of hydrogen-bond acceptors (Lipinski definition) is 1. The second-order valence-electron chi connectivity index (χ2n) is 7.64. The van der Waals surface area contributed by atoms with Crippen LogP contribution in [0, 0.1) is 17.3 Å². The van der Waals surface area contributed by atoms with Gasteiger partial charge in [0.25, 0.3) is 0 Å². The van der Waals surface area contributed by atoms with Gasteiger partial charge in [-0.05, 0) is 50.9 Å². The van der Waals surface area contributed by atoms with Crippen molar-refractivity contribution in [2.75, 3.05) is 6.54 Å². The summed E-state index contributed by atoms with van der Waals surface area (Å²) in [4.78, 5) is 2.77. The predicted octanol–water partition coefficient (Wildman–Crippen LogP) is 3.54. The van der Waals surface area contributed by atoms with Crippen LogP contribution in [0.25, 0.3) is 0 Å². The first kappa shape index (κ1) is 11.4. The highest BCUT2D eigenvalue weighted by atomic mass is 15.3. The molecule has 2 rings (SSSR count). The Morgan fingerprint density at radius 1 is 0.933 bits per heavy atom. The third kappa shape index (κ3) is 1.84. The van der Waals surface area contributed by atoms with Crippen molar-refractivity contribution in [3.8, 4) is 0 Å². The van der Waals surface area contributed by atoms with Crippen molar-refractivity contribution in [2.24, 2.45) is 17.3 Å². The molecule has 0 N–H and O–H groups in total. The molecular formula is C14H27N.